The predicted molar refractivity (Wildman–Crippen MR) is 81.9 cm³/mol. The van der Waals surface area contributed by atoms with Gasteiger partial charge < -0.3 is 5.32 Å². The largest absolute Gasteiger partial charge is 0.317 e. The minimum absolute atomic E-state index is 0.0423. The van der Waals surface area contributed by atoms with Crippen molar-refractivity contribution in [2.75, 3.05) is 19.6 Å². The number of benzene rings is 1. The Morgan fingerprint density at radius 1 is 1.25 bits per heavy atom. The molecule has 1 N–H and O–H groups in total. The summed E-state index contributed by atoms with van der Waals surface area (Å²) in [6.07, 6.45) is 1.66. The summed E-state index contributed by atoms with van der Waals surface area (Å²) in [4.78, 5) is 0.201. The number of nitrogens with zero attached hydrogens (tertiary/aromatic N) is 1. The van der Waals surface area contributed by atoms with E-state index in [2.05, 4.69) is 5.32 Å². The van der Waals surface area contributed by atoms with Gasteiger partial charge in [0.1, 0.15) is 0 Å². The van der Waals surface area contributed by atoms with Crippen LogP contribution in [0.4, 0.5) is 0 Å². The molecule has 0 spiro atoms. The molecule has 0 amide bonds. The molecule has 2 rings (SSSR count). The number of nitrogens with one attached hydrogen (secondary N) is 1. The van der Waals surface area contributed by atoms with Gasteiger partial charge in [-0.3, -0.25) is 0 Å². The number of halogens is 2. The molecule has 4 nitrogen and oxygen atoms in total. The van der Waals surface area contributed by atoms with E-state index < -0.39 is 10.0 Å². The molecule has 20 heavy (non-hydrogen) atoms. The molecule has 1 aliphatic heterocycles. The number of piperidine rings is 1. The van der Waals surface area contributed by atoms with Crippen molar-refractivity contribution in [1.82, 2.24) is 9.62 Å². The lowest BCUT2D eigenvalue weighted by molar-refractivity contribution is 0.271. The van der Waals surface area contributed by atoms with Crippen molar-refractivity contribution in [2.24, 2.45) is 0 Å². The van der Waals surface area contributed by atoms with Crippen LogP contribution in [0, 0.1) is 0 Å². The summed E-state index contributed by atoms with van der Waals surface area (Å²) in [5.41, 5.74) is 0. The molecule has 112 valence electrons. The molecule has 1 aromatic rings. The number of hydrogen-bond donors (Lipinski definition) is 1. The first-order valence-corrected chi connectivity index (χ1v) is 8.84. The second-order valence-corrected chi connectivity index (χ2v) is 7.47. The highest BCUT2D eigenvalue weighted by atomic mass is 35.5. The van der Waals surface area contributed by atoms with Gasteiger partial charge in [0, 0.05) is 12.6 Å². The van der Waals surface area contributed by atoms with Crippen molar-refractivity contribution < 1.29 is 8.42 Å². The molecule has 0 saturated carbocycles. The summed E-state index contributed by atoms with van der Waals surface area (Å²) in [6, 6.07) is 4.49. The Morgan fingerprint density at radius 2 is 1.90 bits per heavy atom. The fourth-order valence-electron chi connectivity index (χ4n) is 2.49. The van der Waals surface area contributed by atoms with Gasteiger partial charge in [0.25, 0.3) is 0 Å². The molecule has 1 aromatic carbocycles. The summed E-state index contributed by atoms with van der Waals surface area (Å²) in [6.45, 7) is 4.00. The van der Waals surface area contributed by atoms with Gasteiger partial charge in [-0.25, -0.2) is 8.42 Å². The zero-order valence-electron chi connectivity index (χ0n) is 11.3. The normalized spacial score (nSPS) is 17.6. The van der Waals surface area contributed by atoms with E-state index in [1.807, 2.05) is 6.92 Å². The van der Waals surface area contributed by atoms with Crippen molar-refractivity contribution in [2.45, 2.75) is 30.7 Å². The van der Waals surface area contributed by atoms with Crippen LogP contribution in [0.1, 0.15) is 19.8 Å². The van der Waals surface area contributed by atoms with E-state index in [-0.39, 0.29) is 16.0 Å². The van der Waals surface area contributed by atoms with Crippen molar-refractivity contribution in [3.8, 4) is 0 Å². The van der Waals surface area contributed by atoms with Crippen molar-refractivity contribution >= 4 is 33.2 Å². The summed E-state index contributed by atoms with van der Waals surface area (Å²) in [5.74, 6) is 0. The molecular weight excluding hydrogens is 319 g/mol. The van der Waals surface area contributed by atoms with Gasteiger partial charge in [0.15, 0.2) is 0 Å². The fraction of sp³-hybridized carbons (Fsp3) is 0.538. The van der Waals surface area contributed by atoms with Crippen LogP contribution in [0.2, 0.25) is 10.0 Å². The maximum absolute atomic E-state index is 12.7. The van der Waals surface area contributed by atoms with Crippen molar-refractivity contribution in [1.29, 1.82) is 0 Å². The molecule has 0 atom stereocenters. The van der Waals surface area contributed by atoms with Gasteiger partial charge in [-0.2, -0.15) is 4.31 Å². The van der Waals surface area contributed by atoms with Gasteiger partial charge in [-0.15, -0.1) is 0 Å². The molecule has 0 bridgehead atoms. The smallest absolute Gasteiger partial charge is 0.243 e. The third kappa shape index (κ3) is 3.28. The maximum atomic E-state index is 12.7. The third-order valence-electron chi connectivity index (χ3n) is 3.53. The molecule has 0 unspecified atom stereocenters. The highest BCUT2D eigenvalue weighted by molar-refractivity contribution is 7.89. The minimum Gasteiger partial charge on any atom is -0.317 e. The lowest BCUT2D eigenvalue weighted by atomic mass is 10.1. The molecule has 1 heterocycles. The van der Waals surface area contributed by atoms with Crippen LogP contribution in [-0.2, 0) is 10.0 Å². The van der Waals surface area contributed by atoms with Gasteiger partial charge in [0.05, 0.1) is 14.9 Å². The van der Waals surface area contributed by atoms with Gasteiger partial charge in [0.2, 0.25) is 10.0 Å². The van der Waals surface area contributed by atoms with Gasteiger partial charge in [-0.1, -0.05) is 30.1 Å². The molecule has 1 aliphatic rings. The van der Waals surface area contributed by atoms with Crippen LogP contribution >= 0.6 is 23.2 Å². The van der Waals surface area contributed by atoms with Crippen LogP contribution < -0.4 is 5.32 Å². The number of rotatable bonds is 4. The average molecular weight is 337 g/mol. The van der Waals surface area contributed by atoms with E-state index in [9.17, 15) is 8.42 Å². The molecule has 0 radical (unpaired) electrons. The second-order valence-electron chi connectivity index (χ2n) is 4.77. The van der Waals surface area contributed by atoms with E-state index in [1.54, 1.807) is 4.31 Å². The summed E-state index contributed by atoms with van der Waals surface area (Å²) < 4.78 is 27.0. The van der Waals surface area contributed by atoms with E-state index in [4.69, 9.17) is 23.2 Å². The summed E-state index contributed by atoms with van der Waals surface area (Å²) >= 11 is 11.8. The lowest BCUT2D eigenvalue weighted by Gasteiger charge is -2.33. The predicted octanol–water partition coefficient (Wildman–Crippen LogP) is 2.76. The van der Waals surface area contributed by atoms with Crippen LogP contribution in [0.15, 0.2) is 23.1 Å². The van der Waals surface area contributed by atoms with Crippen molar-refractivity contribution in [3.05, 3.63) is 28.2 Å². The first-order valence-electron chi connectivity index (χ1n) is 6.64. The summed E-state index contributed by atoms with van der Waals surface area (Å²) in [7, 11) is -3.53. The van der Waals surface area contributed by atoms with Crippen molar-refractivity contribution in [3.63, 3.8) is 0 Å². The lowest BCUT2D eigenvalue weighted by Crippen LogP contribution is -2.45. The Kier molecular flexibility index (Phi) is 5.31. The summed E-state index contributed by atoms with van der Waals surface area (Å²) in [5, 5.41) is 3.86. The molecule has 1 fully saturated rings. The monoisotopic (exact) mass is 336 g/mol. The van der Waals surface area contributed by atoms with Crippen LogP contribution in [0.5, 0.6) is 0 Å². The first-order chi connectivity index (χ1) is 9.46. The zero-order valence-corrected chi connectivity index (χ0v) is 13.6. The average Bonchev–Trinajstić information content (AvgIpc) is 2.43. The SMILES string of the molecule is CCN(C1CCNCC1)S(=O)(=O)c1ccc(Cl)c(Cl)c1. The van der Waals surface area contributed by atoms with Crippen LogP contribution in [0.3, 0.4) is 0 Å². The van der Waals surface area contributed by atoms with Gasteiger partial charge in [-0.05, 0) is 44.1 Å². The minimum atomic E-state index is -3.53. The van der Waals surface area contributed by atoms with E-state index in [1.165, 1.54) is 18.2 Å². The molecule has 0 aliphatic carbocycles. The molecule has 0 aromatic heterocycles. The second kappa shape index (κ2) is 6.62. The van der Waals surface area contributed by atoms with E-state index in [0.717, 1.165) is 25.9 Å². The molecule has 7 heteroatoms. The number of sulfonamides is 1. The Labute approximate surface area is 130 Å². The zero-order chi connectivity index (χ0) is 14.8. The van der Waals surface area contributed by atoms with E-state index >= 15 is 0 Å². The Bertz CT molecular complexity index is 572. The highest BCUT2D eigenvalue weighted by Crippen LogP contribution is 2.28. The number of hydrogen-bond acceptors (Lipinski definition) is 3. The Balaban J connectivity index is 2.32. The fourth-order valence-corrected chi connectivity index (χ4v) is 4.58. The van der Waals surface area contributed by atoms with E-state index in [0.29, 0.717) is 11.6 Å². The van der Waals surface area contributed by atoms with Gasteiger partial charge >= 0.3 is 0 Å². The highest BCUT2D eigenvalue weighted by Gasteiger charge is 2.31. The third-order valence-corrected chi connectivity index (χ3v) is 6.29. The first kappa shape index (κ1) is 16.0. The molecule has 1 saturated heterocycles. The Morgan fingerprint density at radius 3 is 2.45 bits per heavy atom. The standard InChI is InChI=1S/C13H18Cl2N2O2S/c1-2-17(10-5-7-16-8-6-10)20(18,19)11-3-4-12(14)13(15)9-11/h3-4,9-10,16H,2,5-8H2,1H3. The van der Waals surface area contributed by atoms with Crippen LogP contribution in [0.25, 0.3) is 0 Å². The molecular formula is C13H18Cl2N2O2S. The maximum Gasteiger partial charge on any atom is 0.243 e. The quantitative estimate of drug-likeness (QED) is 0.919. The Hall–Kier alpha value is -0.330. The van der Waals surface area contributed by atoms with Crippen LogP contribution in [-0.4, -0.2) is 38.4 Å². The topological polar surface area (TPSA) is 49.4 Å².